The maximum Gasteiger partial charge on any atom is 0.269 e. The largest absolute Gasteiger partial charge is 0.269 e. The average Bonchev–Trinajstić information content (AvgIpc) is 3.34. The van der Waals surface area contributed by atoms with Crippen LogP contribution < -0.4 is 0 Å². The Hall–Kier alpha value is -3.49. The molecule has 2 aromatic heterocycles. The van der Waals surface area contributed by atoms with E-state index in [1.54, 1.807) is 29.5 Å². The van der Waals surface area contributed by atoms with Crippen LogP contribution in [0.5, 0.6) is 0 Å². The lowest BCUT2D eigenvalue weighted by molar-refractivity contribution is -0.129. The summed E-state index contributed by atoms with van der Waals surface area (Å²) < 4.78 is 28.9. The molecule has 1 aliphatic rings. The molecule has 0 N–H and O–H groups in total. The van der Waals surface area contributed by atoms with Crippen molar-refractivity contribution in [2.24, 2.45) is 5.10 Å². The minimum atomic E-state index is -0.687. The van der Waals surface area contributed by atoms with Crippen LogP contribution in [0.3, 0.4) is 0 Å². The Balaban J connectivity index is 1.39. The van der Waals surface area contributed by atoms with E-state index in [1.165, 1.54) is 17.1 Å². The first-order chi connectivity index (χ1) is 14.0. The molecule has 9 heteroatoms. The number of fused-ring (bicyclic) bond motifs is 1. The number of hydrazone groups is 1. The molecule has 0 radical (unpaired) electrons. The fourth-order valence-corrected chi connectivity index (χ4v) is 3.34. The molecule has 1 aliphatic heterocycles. The number of benzene rings is 1. The summed E-state index contributed by atoms with van der Waals surface area (Å²) in [5.41, 5.74) is 2.12. The van der Waals surface area contributed by atoms with E-state index in [2.05, 4.69) is 26.7 Å². The van der Waals surface area contributed by atoms with Crippen LogP contribution in [-0.4, -0.2) is 36.9 Å². The number of halogens is 2. The van der Waals surface area contributed by atoms with Crippen LogP contribution in [0.4, 0.5) is 8.78 Å². The highest BCUT2D eigenvalue weighted by Gasteiger charge is 2.30. The molecule has 0 spiro atoms. The lowest BCUT2D eigenvalue weighted by Crippen LogP contribution is -2.28. The van der Waals surface area contributed by atoms with Gasteiger partial charge in [-0.3, -0.25) is 4.79 Å². The lowest BCUT2D eigenvalue weighted by atomic mass is 10.0. The van der Waals surface area contributed by atoms with Crippen LogP contribution in [0.25, 0.3) is 11.2 Å². The first-order valence-corrected chi connectivity index (χ1v) is 9.15. The zero-order chi connectivity index (χ0) is 20.4. The van der Waals surface area contributed by atoms with E-state index in [1.807, 2.05) is 0 Å². The number of hydrogen-bond acceptors (Lipinski definition) is 5. The lowest BCUT2D eigenvalue weighted by Gasteiger charge is -2.23. The Morgan fingerprint density at radius 3 is 2.72 bits per heavy atom. The van der Waals surface area contributed by atoms with Crippen molar-refractivity contribution in [2.75, 3.05) is 0 Å². The Morgan fingerprint density at radius 1 is 1.17 bits per heavy atom. The normalized spacial score (nSPS) is 15.9. The molecular formula is C20H18F2N6O. The summed E-state index contributed by atoms with van der Waals surface area (Å²) in [6.45, 7) is 4.42. The van der Waals surface area contributed by atoms with Gasteiger partial charge in [-0.15, -0.1) is 0 Å². The molecule has 1 amide bonds. The molecule has 1 unspecified atom stereocenters. The van der Waals surface area contributed by atoms with Gasteiger partial charge in [0.05, 0.1) is 12.2 Å². The molecule has 0 bridgehead atoms. The Labute approximate surface area is 165 Å². The number of aromatic nitrogens is 4. The summed E-state index contributed by atoms with van der Waals surface area (Å²) in [4.78, 5) is 21.2. The van der Waals surface area contributed by atoms with E-state index >= 15 is 0 Å². The van der Waals surface area contributed by atoms with E-state index in [-0.39, 0.29) is 5.91 Å². The van der Waals surface area contributed by atoms with Crippen LogP contribution in [0.1, 0.15) is 30.9 Å². The molecule has 0 saturated heterocycles. The van der Waals surface area contributed by atoms with Crippen molar-refractivity contribution in [2.45, 2.75) is 31.8 Å². The van der Waals surface area contributed by atoms with Gasteiger partial charge in [-0.1, -0.05) is 6.58 Å². The molecule has 1 aromatic carbocycles. The van der Waals surface area contributed by atoms with Crippen LogP contribution in [0.2, 0.25) is 0 Å². The van der Waals surface area contributed by atoms with Gasteiger partial charge >= 0.3 is 0 Å². The Bertz CT molecular complexity index is 1090. The summed E-state index contributed by atoms with van der Waals surface area (Å²) in [7, 11) is 0. The SMILES string of the molecule is C=C(CCCn1ncc2nccnc21)C(=O)N1N=CCC1c1cc(F)cc(F)c1. The van der Waals surface area contributed by atoms with Gasteiger partial charge in [0.15, 0.2) is 5.65 Å². The molecule has 3 heterocycles. The third kappa shape index (κ3) is 3.89. The van der Waals surface area contributed by atoms with Crippen molar-refractivity contribution in [1.29, 1.82) is 0 Å². The van der Waals surface area contributed by atoms with Gasteiger partial charge in [-0.05, 0) is 30.5 Å². The van der Waals surface area contributed by atoms with Gasteiger partial charge in [-0.2, -0.15) is 10.2 Å². The van der Waals surface area contributed by atoms with Crippen molar-refractivity contribution < 1.29 is 13.6 Å². The summed E-state index contributed by atoms with van der Waals surface area (Å²) >= 11 is 0. The highest BCUT2D eigenvalue weighted by molar-refractivity contribution is 5.94. The van der Waals surface area contributed by atoms with E-state index in [4.69, 9.17) is 0 Å². The highest BCUT2D eigenvalue weighted by atomic mass is 19.1. The summed E-state index contributed by atoms with van der Waals surface area (Å²) in [5, 5.41) is 9.59. The van der Waals surface area contributed by atoms with E-state index in [0.717, 1.165) is 6.07 Å². The van der Waals surface area contributed by atoms with E-state index in [9.17, 15) is 13.6 Å². The molecule has 148 valence electrons. The van der Waals surface area contributed by atoms with Crippen molar-refractivity contribution in [3.8, 4) is 0 Å². The fraction of sp³-hybridized carbons (Fsp3) is 0.250. The van der Waals surface area contributed by atoms with Gasteiger partial charge in [-0.25, -0.2) is 28.4 Å². The van der Waals surface area contributed by atoms with Crippen molar-refractivity contribution >= 4 is 23.3 Å². The van der Waals surface area contributed by atoms with Gasteiger partial charge in [0.1, 0.15) is 17.2 Å². The number of rotatable bonds is 6. The zero-order valence-corrected chi connectivity index (χ0v) is 15.5. The first kappa shape index (κ1) is 18.9. The number of carbonyl (C=O) groups is 1. The van der Waals surface area contributed by atoms with E-state index in [0.29, 0.717) is 48.1 Å². The maximum atomic E-state index is 13.6. The third-order valence-corrected chi connectivity index (χ3v) is 4.73. The number of aryl methyl sites for hydroxylation is 1. The molecule has 4 rings (SSSR count). The van der Waals surface area contributed by atoms with Crippen LogP contribution >= 0.6 is 0 Å². The highest BCUT2D eigenvalue weighted by Crippen LogP contribution is 2.30. The summed E-state index contributed by atoms with van der Waals surface area (Å²) in [6, 6.07) is 2.69. The second-order valence-corrected chi connectivity index (χ2v) is 6.74. The minimum Gasteiger partial charge on any atom is -0.268 e. The molecule has 3 aromatic rings. The molecule has 0 saturated carbocycles. The molecule has 0 aliphatic carbocycles. The van der Waals surface area contributed by atoms with Crippen molar-refractivity contribution in [3.05, 3.63) is 66.1 Å². The van der Waals surface area contributed by atoms with Crippen molar-refractivity contribution in [1.82, 2.24) is 24.8 Å². The smallest absolute Gasteiger partial charge is 0.268 e. The topological polar surface area (TPSA) is 76.3 Å². The second kappa shape index (κ2) is 7.86. The molecular weight excluding hydrogens is 378 g/mol. The third-order valence-electron chi connectivity index (χ3n) is 4.73. The predicted molar refractivity (Wildman–Crippen MR) is 103 cm³/mol. The van der Waals surface area contributed by atoms with Gasteiger partial charge in [0, 0.05) is 43.2 Å². The average molecular weight is 396 g/mol. The second-order valence-electron chi connectivity index (χ2n) is 6.74. The van der Waals surface area contributed by atoms with Crippen LogP contribution in [0, 0.1) is 11.6 Å². The Kier molecular flexibility index (Phi) is 5.11. The molecule has 1 atom stereocenters. The monoisotopic (exact) mass is 396 g/mol. The fourth-order valence-electron chi connectivity index (χ4n) is 3.34. The minimum absolute atomic E-state index is 0.362. The van der Waals surface area contributed by atoms with Gasteiger partial charge < -0.3 is 0 Å². The van der Waals surface area contributed by atoms with Crippen molar-refractivity contribution in [3.63, 3.8) is 0 Å². The standard InChI is InChI=1S/C20H18F2N6O/c1-13(3-2-8-27-19-17(12-26-27)23-6-7-24-19)20(29)28-18(4-5-25-28)14-9-15(21)11-16(22)10-14/h5-7,9-12,18H,1-4,8H2. The number of carbonyl (C=O) groups excluding carboxylic acids is 1. The van der Waals surface area contributed by atoms with E-state index < -0.39 is 17.7 Å². The maximum absolute atomic E-state index is 13.6. The quantitative estimate of drug-likeness (QED) is 0.599. The molecule has 7 nitrogen and oxygen atoms in total. The van der Waals surface area contributed by atoms with Gasteiger partial charge in [0.2, 0.25) is 0 Å². The summed E-state index contributed by atoms with van der Waals surface area (Å²) in [5.74, 6) is -1.74. The summed E-state index contributed by atoms with van der Waals surface area (Å²) in [6.07, 6.45) is 7.85. The molecule has 29 heavy (non-hydrogen) atoms. The van der Waals surface area contributed by atoms with Crippen LogP contribution in [-0.2, 0) is 11.3 Å². The number of nitrogens with zero attached hydrogens (tertiary/aromatic N) is 6. The molecule has 0 fully saturated rings. The van der Waals surface area contributed by atoms with Crippen LogP contribution in [0.15, 0.2) is 54.0 Å². The number of amides is 1. The zero-order valence-electron chi connectivity index (χ0n) is 15.5. The Morgan fingerprint density at radius 2 is 1.93 bits per heavy atom. The predicted octanol–water partition coefficient (Wildman–Crippen LogP) is 3.40. The number of hydrogen-bond donors (Lipinski definition) is 0. The van der Waals surface area contributed by atoms with Gasteiger partial charge in [0.25, 0.3) is 5.91 Å². The first-order valence-electron chi connectivity index (χ1n) is 9.15.